The standard InChI is InChI=1S/C20H27N5O2/c1-16-5-3-6-17(13-16)24-8-10-25(11-9-24)19-15-22-18(14-23-19)20(26)21-7-4-12-27-2/h3,5-6,13-15H,4,7-12H2,1-2H3,(H,21,26). The Morgan fingerprint density at radius 3 is 2.59 bits per heavy atom. The van der Waals surface area contributed by atoms with Crippen LogP contribution in [-0.4, -0.2) is 62.3 Å². The van der Waals surface area contributed by atoms with Crippen molar-refractivity contribution in [3.63, 3.8) is 0 Å². The molecule has 144 valence electrons. The third-order valence-electron chi connectivity index (χ3n) is 4.65. The van der Waals surface area contributed by atoms with E-state index in [1.807, 2.05) is 0 Å². The van der Waals surface area contributed by atoms with Crippen molar-refractivity contribution in [2.45, 2.75) is 13.3 Å². The van der Waals surface area contributed by atoms with Crippen LogP contribution in [0.2, 0.25) is 0 Å². The first kappa shape index (κ1) is 19.1. The Labute approximate surface area is 160 Å². The third kappa shape index (κ3) is 5.17. The summed E-state index contributed by atoms with van der Waals surface area (Å²) in [6, 6.07) is 8.59. The number of anilines is 2. The quantitative estimate of drug-likeness (QED) is 0.752. The smallest absolute Gasteiger partial charge is 0.271 e. The van der Waals surface area contributed by atoms with Gasteiger partial charge < -0.3 is 19.9 Å². The molecule has 1 saturated heterocycles. The molecule has 1 fully saturated rings. The van der Waals surface area contributed by atoms with Gasteiger partial charge in [0.25, 0.3) is 5.91 Å². The fourth-order valence-corrected chi connectivity index (χ4v) is 3.13. The Kier molecular flexibility index (Phi) is 6.59. The molecule has 0 radical (unpaired) electrons. The highest BCUT2D eigenvalue weighted by atomic mass is 16.5. The molecule has 3 rings (SSSR count). The van der Waals surface area contributed by atoms with Crippen LogP contribution in [0.4, 0.5) is 11.5 Å². The van der Waals surface area contributed by atoms with Gasteiger partial charge in [-0.2, -0.15) is 0 Å². The number of aryl methyl sites for hydroxylation is 1. The Hall–Kier alpha value is -2.67. The highest BCUT2D eigenvalue weighted by Gasteiger charge is 2.19. The number of ether oxygens (including phenoxy) is 1. The molecule has 1 aromatic heterocycles. The van der Waals surface area contributed by atoms with Crippen LogP contribution in [0.3, 0.4) is 0 Å². The molecule has 1 aliphatic rings. The van der Waals surface area contributed by atoms with Crippen LogP contribution < -0.4 is 15.1 Å². The molecule has 1 aromatic carbocycles. The van der Waals surface area contributed by atoms with E-state index >= 15 is 0 Å². The largest absolute Gasteiger partial charge is 0.385 e. The van der Waals surface area contributed by atoms with Gasteiger partial charge in [-0.25, -0.2) is 9.97 Å². The van der Waals surface area contributed by atoms with Crippen LogP contribution in [0.25, 0.3) is 0 Å². The number of nitrogens with zero attached hydrogens (tertiary/aromatic N) is 4. The van der Waals surface area contributed by atoms with E-state index in [9.17, 15) is 4.79 Å². The molecule has 7 nitrogen and oxygen atoms in total. The predicted octanol–water partition coefficient (Wildman–Crippen LogP) is 1.88. The van der Waals surface area contributed by atoms with Gasteiger partial charge in [0.15, 0.2) is 0 Å². The average molecular weight is 369 g/mol. The van der Waals surface area contributed by atoms with Crippen LogP contribution in [0, 0.1) is 6.92 Å². The molecule has 0 bridgehead atoms. The number of rotatable bonds is 7. The van der Waals surface area contributed by atoms with E-state index in [4.69, 9.17) is 4.74 Å². The minimum Gasteiger partial charge on any atom is -0.385 e. The van der Waals surface area contributed by atoms with Crippen molar-refractivity contribution in [3.8, 4) is 0 Å². The average Bonchev–Trinajstić information content (AvgIpc) is 2.71. The number of hydrogen-bond acceptors (Lipinski definition) is 6. The number of amides is 1. The first-order chi connectivity index (χ1) is 13.2. The maximum absolute atomic E-state index is 12.0. The first-order valence-corrected chi connectivity index (χ1v) is 9.33. The zero-order chi connectivity index (χ0) is 19.1. The minimum absolute atomic E-state index is 0.200. The molecule has 0 aliphatic carbocycles. The van der Waals surface area contributed by atoms with Crippen molar-refractivity contribution in [1.82, 2.24) is 15.3 Å². The molecule has 27 heavy (non-hydrogen) atoms. The number of carbonyl (C=O) groups excluding carboxylic acids is 1. The molecule has 7 heteroatoms. The number of piperazine rings is 1. The Morgan fingerprint density at radius 1 is 1.15 bits per heavy atom. The van der Waals surface area contributed by atoms with Gasteiger partial charge in [0.05, 0.1) is 12.4 Å². The van der Waals surface area contributed by atoms with Gasteiger partial charge in [0.2, 0.25) is 0 Å². The second-order valence-electron chi connectivity index (χ2n) is 6.68. The van der Waals surface area contributed by atoms with Crippen LogP contribution >= 0.6 is 0 Å². The fraction of sp³-hybridized carbons (Fsp3) is 0.450. The molecule has 1 amide bonds. The predicted molar refractivity (Wildman–Crippen MR) is 106 cm³/mol. The third-order valence-corrected chi connectivity index (χ3v) is 4.65. The zero-order valence-electron chi connectivity index (χ0n) is 16.0. The molecule has 0 unspecified atom stereocenters. The maximum atomic E-state index is 12.0. The highest BCUT2D eigenvalue weighted by Crippen LogP contribution is 2.19. The molecule has 2 heterocycles. The summed E-state index contributed by atoms with van der Waals surface area (Å²) in [6.45, 7) is 6.94. The number of carbonyl (C=O) groups is 1. The first-order valence-electron chi connectivity index (χ1n) is 9.33. The molecular formula is C20H27N5O2. The normalized spacial score (nSPS) is 14.3. The van der Waals surface area contributed by atoms with E-state index < -0.39 is 0 Å². The van der Waals surface area contributed by atoms with Gasteiger partial charge >= 0.3 is 0 Å². The molecule has 2 aromatic rings. The minimum atomic E-state index is -0.200. The highest BCUT2D eigenvalue weighted by molar-refractivity contribution is 5.91. The lowest BCUT2D eigenvalue weighted by Crippen LogP contribution is -2.46. The van der Waals surface area contributed by atoms with Gasteiger partial charge in [0, 0.05) is 52.1 Å². The van der Waals surface area contributed by atoms with Gasteiger partial charge in [0.1, 0.15) is 11.5 Å². The summed E-state index contributed by atoms with van der Waals surface area (Å²) < 4.78 is 4.97. The Bertz CT molecular complexity index is 742. The van der Waals surface area contributed by atoms with E-state index in [0.717, 1.165) is 38.4 Å². The summed E-state index contributed by atoms with van der Waals surface area (Å²) in [7, 11) is 1.65. The van der Waals surface area contributed by atoms with Gasteiger partial charge in [-0.1, -0.05) is 12.1 Å². The molecule has 1 N–H and O–H groups in total. The topological polar surface area (TPSA) is 70.6 Å². The summed E-state index contributed by atoms with van der Waals surface area (Å²) in [6.07, 6.45) is 4.01. The zero-order valence-corrected chi connectivity index (χ0v) is 16.0. The lowest BCUT2D eigenvalue weighted by molar-refractivity contribution is 0.0943. The summed E-state index contributed by atoms with van der Waals surface area (Å²) in [4.78, 5) is 25.4. The van der Waals surface area contributed by atoms with Crippen molar-refractivity contribution < 1.29 is 9.53 Å². The Morgan fingerprint density at radius 2 is 1.93 bits per heavy atom. The van der Waals surface area contributed by atoms with Gasteiger partial charge in [-0.3, -0.25) is 4.79 Å². The second-order valence-corrected chi connectivity index (χ2v) is 6.68. The second kappa shape index (κ2) is 9.32. The number of methoxy groups -OCH3 is 1. The van der Waals surface area contributed by atoms with Crippen LogP contribution in [0.1, 0.15) is 22.5 Å². The summed E-state index contributed by atoms with van der Waals surface area (Å²) in [5.41, 5.74) is 2.88. The fourth-order valence-electron chi connectivity index (χ4n) is 3.13. The maximum Gasteiger partial charge on any atom is 0.271 e. The van der Waals surface area contributed by atoms with E-state index in [-0.39, 0.29) is 5.91 Å². The molecule has 1 aliphatic heterocycles. The monoisotopic (exact) mass is 369 g/mol. The number of aromatic nitrogens is 2. The van der Waals surface area contributed by atoms with E-state index in [2.05, 4.69) is 56.3 Å². The van der Waals surface area contributed by atoms with E-state index in [1.54, 1.807) is 19.5 Å². The van der Waals surface area contributed by atoms with Gasteiger partial charge in [-0.15, -0.1) is 0 Å². The van der Waals surface area contributed by atoms with Crippen molar-refractivity contribution >= 4 is 17.4 Å². The summed E-state index contributed by atoms with van der Waals surface area (Å²) >= 11 is 0. The Balaban J connectivity index is 1.52. The van der Waals surface area contributed by atoms with Crippen molar-refractivity contribution in [1.29, 1.82) is 0 Å². The van der Waals surface area contributed by atoms with E-state index in [0.29, 0.717) is 18.8 Å². The van der Waals surface area contributed by atoms with E-state index in [1.165, 1.54) is 11.3 Å². The summed E-state index contributed by atoms with van der Waals surface area (Å²) in [5, 5.41) is 2.82. The SMILES string of the molecule is COCCCNC(=O)c1cnc(N2CCN(c3cccc(C)c3)CC2)cn1. The van der Waals surface area contributed by atoms with Crippen LogP contribution in [0.5, 0.6) is 0 Å². The number of nitrogens with one attached hydrogen (secondary N) is 1. The molecule has 0 atom stereocenters. The lowest BCUT2D eigenvalue weighted by atomic mass is 10.2. The van der Waals surface area contributed by atoms with Crippen molar-refractivity contribution in [3.05, 3.63) is 47.9 Å². The van der Waals surface area contributed by atoms with Gasteiger partial charge in [-0.05, 0) is 31.0 Å². The van der Waals surface area contributed by atoms with Crippen LogP contribution in [-0.2, 0) is 4.74 Å². The number of benzene rings is 1. The van der Waals surface area contributed by atoms with Crippen molar-refractivity contribution in [2.24, 2.45) is 0 Å². The molecule has 0 spiro atoms. The number of hydrogen-bond donors (Lipinski definition) is 1. The molecule has 0 saturated carbocycles. The van der Waals surface area contributed by atoms with Crippen LogP contribution in [0.15, 0.2) is 36.7 Å². The summed E-state index contributed by atoms with van der Waals surface area (Å²) in [5.74, 6) is 0.615. The molecular weight excluding hydrogens is 342 g/mol. The lowest BCUT2D eigenvalue weighted by Gasteiger charge is -2.36. The van der Waals surface area contributed by atoms with Crippen molar-refractivity contribution in [2.75, 3.05) is 56.2 Å².